The fourth-order valence-corrected chi connectivity index (χ4v) is 6.49. The Labute approximate surface area is 235 Å². The van der Waals surface area contributed by atoms with Crippen LogP contribution in [-0.4, -0.2) is 9.97 Å². The summed E-state index contributed by atoms with van der Waals surface area (Å²) in [6.07, 6.45) is 3.95. The van der Waals surface area contributed by atoms with Crippen molar-refractivity contribution in [1.82, 2.24) is 9.97 Å². The second kappa shape index (κ2) is 9.77. The summed E-state index contributed by atoms with van der Waals surface area (Å²) in [5.74, 6) is 0. The van der Waals surface area contributed by atoms with Gasteiger partial charge in [0.2, 0.25) is 0 Å². The van der Waals surface area contributed by atoms with E-state index in [-0.39, 0.29) is 5.41 Å². The molecule has 0 radical (unpaired) electrons. The molecule has 0 atom stereocenters. The van der Waals surface area contributed by atoms with Crippen molar-refractivity contribution in [3.63, 3.8) is 0 Å². The van der Waals surface area contributed by atoms with Crippen molar-refractivity contribution >= 4 is 28.1 Å². The number of aromatic nitrogens is 2. The Bertz CT molecular complexity index is 1780. The van der Waals surface area contributed by atoms with Crippen LogP contribution in [0.1, 0.15) is 37.8 Å². The number of hydrogen-bond acceptors (Lipinski definition) is 3. The van der Waals surface area contributed by atoms with Gasteiger partial charge < -0.3 is 4.90 Å². The van der Waals surface area contributed by atoms with Crippen molar-refractivity contribution in [2.45, 2.75) is 32.1 Å². The molecule has 5 aromatic carbocycles. The van der Waals surface area contributed by atoms with E-state index in [0.29, 0.717) is 0 Å². The monoisotopic (exact) mass is 517 g/mol. The third-order valence-electron chi connectivity index (χ3n) is 8.58. The van der Waals surface area contributed by atoms with Crippen LogP contribution in [0.2, 0.25) is 0 Å². The topological polar surface area (TPSA) is 29.0 Å². The maximum Gasteiger partial charge on any atom is 0.0894 e. The smallest absolute Gasteiger partial charge is 0.0894 e. The maximum atomic E-state index is 4.95. The van der Waals surface area contributed by atoms with Crippen LogP contribution < -0.4 is 4.90 Å². The average Bonchev–Trinajstić information content (AvgIpc) is 3.30. The Morgan fingerprint density at radius 1 is 0.575 bits per heavy atom. The highest BCUT2D eigenvalue weighted by Gasteiger charge is 2.41. The molecule has 0 saturated heterocycles. The van der Waals surface area contributed by atoms with Gasteiger partial charge in [-0.05, 0) is 89.7 Å². The molecule has 3 nitrogen and oxygen atoms in total. The SMILES string of the molecule is CCC1(CC)c2cc(-c3cnc4ccccc4n3)ccc2-c2ccc(N(c3ccccc3)c3ccccc3)cc21. The van der Waals surface area contributed by atoms with Gasteiger partial charge in [-0.2, -0.15) is 0 Å². The number of hydrogen-bond donors (Lipinski definition) is 0. The fourth-order valence-electron chi connectivity index (χ4n) is 6.49. The van der Waals surface area contributed by atoms with Gasteiger partial charge in [0.05, 0.1) is 22.9 Å². The van der Waals surface area contributed by atoms with Gasteiger partial charge in [-0.15, -0.1) is 0 Å². The zero-order valence-corrected chi connectivity index (χ0v) is 22.9. The van der Waals surface area contributed by atoms with E-state index >= 15 is 0 Å². The lowest BCUT2D eigenvalue weighted by molar-refractivity contribution is 0.490. The Morgan fingerprint density at radius 2 is 1.15 bits per heavy atom. The van der Waals surface area contributed by atoms with Crippen molar-refractivity contribution in [1.29, 1.82) is 0 Å². The second-order valence-corrected chi connectivity index (χ2v) is 10.5. The molecule has 1 aliphatic rings. The van der Waals surface area contributed by atoms with E-state index in [1.807, 2.05) is 30.5 Å². The molecular weight excluding hydrogens is 486 g/mol. The van der Waals surface area contributed by atoms with E-state index < -0.39 is 0 Å². The molecular formula is C37H31N3. The molecule has 40 heavy (non-hydrogen) atoms. The summed E-state index contributed by atoms with van der Waals surface area (Å²) in [5.41, 5.74) is 12.7. The van der Waals surface area contributed by atoms with Crippen LogP contribution in [0.5, 0.6) is 0 Å². The van der Waals surface area contributed by atoms with Crippen LogP contribution in [0, 0.1) is 0 Å². The van der Waals surface area contributed by atoms with Crippen molar-refractivity contribution in [2.24, 2.45) is 0 Å². The Kier molecular flexibility index (Phi) is 5.93. The molecule has 1 aliphatic carbocycles. The Morgan fingerprint density at radius 3 is 1.80 bits per heavy atom. The fraction of sp³-hybridized carbons (Fsp3) is 0.135. The third kappa shape index (κ3) is 3.81. The number of benzene rings is 5. The summed E-state index contributed by atoms with van der Waals surface area (Å²) in [6, 6.07) is 43.2. The lowest BCUT2D eigenvalue weighted by atomic mass is 9.73. The van der Waals surface area contributed by atoms with Crippen molar-refractivity contribution in [2.75, 3.05) is 4.90 Å². The van der Waals surface area contributed by atoms with E-state index in [4.69, 9.17) is 4.98 Å². The van der Waals surface area contributed by atoms with E-state index in [2.05, 4.69) is 121 Å². The van der Waals surface area contributed by atoms with Crippen molar-refractivity contribution < 1.29 is 0 Å². The molecule has 0 saturated carbocycles. The summed E-state index contributed by atoms with van der Waals surface area (Å²) < 4.78 is 0. The molecule has 0 aliphatic heterocycles. The minimum Gasteiger partial charge on any atom is -0.310 e. The van der Waals surface area contributed by atoms with Crippen molar-refractivity contribution in [3.05, 3.63) is 139 Å². The van der Waals surface area contributed by atoms with Crippen LogP contribution in [0.15, 0.2) is 128 Å². The van der Waals surface area contributed by atoms with Crippen LogP contribution in [0.3, 0.4) is 0 Å². The molecule has 0 N–H and O–H groups in total. The van der Waals surface area contributed by atoms with Gasteiger partial charge in [0.15, 0.2) is 0 Å². The quantitative estimate of drug-likeness (QED) is 0.220. The van der Waals surface area contributed by atoms with Gasteiger partial charge in [0.25, 0.3) is 0 Å². The van der Waals surface area contributed by atoms with Gasteiger partial charge in [-0.25, -0.2) is 4.98 Å². The van der Waals surface area contributed by atoms with Crippen LogP contribution in [0.25, 0.3) is 33.4 Å². The van der Waals surface area contributed by atoms with E-state index in [0.717, 1.165) is 46.5 Å². The van der Waals surface area contributed by atoms with E-state index in [9.17, 15) is 0 Å². The predicted molar refractivity (Wildman–Crippen MR) is 166 cm³/mol. The van der Waals surface area contributed by atoms with Crippen molar-refractivity contribution in [3.8, 4) is 22.4 Å². The molecule has 0 unspecified atom stereocenters. The average molecular weight is 518 g/mol. The molecule has 0 amide bonds. The molecule has 0 bridgehead atoms. The standard InChI is InChI=1S/C37H31N3/c1-3-37(4-2)32-23-26(36-25-38-34-17-11-12-18-35(34)39-36)19-21-30(32)31-22-20-29(24-33(31)37)40(27-13-7-5-8-14-27)28-15-9-6-10-16-28/h5-25H,3-4H2,1-2H3. The first-order valence-electron chi connectivity index (χ1n) is 14.1. The van der Waals surface area contributed by atoms with Gasteiger partial charge in [-0.3, -0.25) is 4.98 Å². The van der Waals surface area contributed by atoms with Crippen LogP contribution >= 0.6 is 0 Å². The Balaban J connectivity index is 1.37. The van der Waals surface area contributed by atoms with Gasteiger partial charge in [-0.1, -0.05) is 80.6 Å². The van der Waals surface area contributed by atoms with Gasteiger partial charge >= 0.3 is 0 Å². The van der Waals surface area contributed by atoms with Crippen LogP contribution in [-0.2, 0) is 5.41 Å². The normalized spacial score (nSPS) is 13.2. The maximum absolute atomic E-state index is 4.95. The summed E-state index contributed by atoms with van der Waals surface area (Å²) >= 11 is 0. The lowest BCUT2D eigenvalue weighted by Gasteiger charge is -2.32. The summed E-state index contributed by atoms with van der Waals surface area (Å²) in [4.78, 5) is 12.0. The van der Waals surface area contributed by atoms with E-state index in [1.54, 1.807) is 0 Å². The number of fused-ring (bicyclic) bond motifs is 4. The Hall–Kier alpha value is -4.76. The summed E-state index contributed by atoms with van der Waals surface area (Å²) in [6.45, 7) is 4.65. The molecule has 1 aromatic heterocycles. The molecule has 0 fully saturated rings. The summed E-state index contributed by atoms with van der Waals surface area (Å²) in [5, 5.41) is 0. The third-order valence-corrected chi connectivity index (χ3v) is 8.58. The predicted octanol–water partition coefficient (Wildman–Crippen LogP) is 9.85. The largest absolute Gasteiger partial charge is 0.310 e. The first-order chi connectivity index (χ1) is 19.7. The number of anilines is 3. The highest BCUT2D eigenvalue weighted by molar-refractivity contribution is 5.87. The first-order valence-corrected chi connectivity index (χ1v) is 14.1. The molecule has 0 spiro atoms. The van der Waals surface area contributed by atoms with Gasteiger partial charge in [0.1, 0.15) is 0 Å². The van der Waals surface area contributed by atoms with Crippen LogP contribution in [0.4, 0.5) is 17.1 Å². The summed E-state index contributed by atoms with van der Waals surface area (Å²) in [7, 11) is 0. The zero-order valence-electron chi connectivity index (χ0n) is 22.9. The molecule has 7 rings (SSSR count). The second-order valence-electron chi connectivity index (χ2n) is 10.5. The first kappa shape index (κ1) is 24.3. The van der Waals surface area contributed by atoms with Gasteiger partial charge in [0, 0.05) is 28.0 Å². The number of rotatable bonds is 6. The number of nitrogens with zero attached hydrogens (tertiary/aromatic N) is 3. The molecule has 1 heterocycles. The minimum atomic E-state index is -0.0694. The highest BCUT2D eigenvalue weighted by Crippen LogP contribution is 2.54. The van der Waals surface area contributed by atoms with E-state index in [1.165, 1.54) is 27.9 Å². The molecule has 6 aromatic rings. The molecule has 3 heteroatoms. The molecule has 194 valence electrons. The zero-order chi connectivity index (χ0) is 27.1. The minimum absolute atomic E-state index is 0.0694. The highest BCUT2D eigenvalue weighted by atomic mass is 15.1. The lowest BCUT2D eigenvalue weighted by Crippen LogP contribution is -2.23. The number of para-hydroxylation sites is 4.